The standard InChI is InChI=1S/C26H25F2N3O3/c27-26(28)34-23-8-4-1-5-19(23)15-31-22-13-17(18-10-12-25(32)29-14-18)9-11-21(22)30-24(31)16-33-20-6-2-3-7-20/h1,4-5,8-14,20,26H,2-3,6-7,15-16H2,(H,29,32). The first-order chi connectivity index (χ1) is 16.6. The molecule has 2 aromatic heterocycles. The molecule has 0 amide bonds. The van der Waals surface area contributed by atoms with Crippen LogP contribution in [0, 0.1) is 0 Å². The van der Waals surface area contributed by atoms with Crippen LogP contribution in [-0.2, 0) is 17.9 Å². The predicted octanol–water partition coefficient (Wildman–Crippen LogP) is 5.50. The number of aromatic amines is 1. The van der Waals surface area contributed by atoms with Gasteiger partial charge in [-0.1, -0.05) is 37.1 Å². The molecule has 2 aromatic carbocycles. The van der Waals surface area contributed by atoms with Crippen LogP contribution in [0.15, 0.2) is 65.6 Å². The Morgan fingerprint density at radius 2 is 1.85 bits per heavy atom. The quantitative estimate of drug-likeness (QED) is 0.373. The fraction of sp³-hybridized carbons (Fsp3) is 0.308. The second kappa shape index (κ2) is 9.77. The third-order valence-corrected chi connectivity index (χ3v) is 6.21. The summed E-state index contributed by atoms with van der Waals surface area (Å²) in [5.41, 5.74) is 3.85. The maximum atomic E-state index is 13.0. The molecule has 0 spiro atoms. The number of halogens is 2. The molecular weight excluding hydrogens is 440 g/mol. The molecule has 0 unspecified atom stereocenters. The molecule has 5 rings (SSSR count). The molecular formula is C26H25F2N3O3. The van der Waals surface area contributed by atoms with Crippen molar-refractivity contribution in [2.45, 2.75) is 51.6 Å². The molecule has 2 heterocycles. The summed E-state index contributed by atoms with van der Waals surface area (Å²) >= 11 is 0. The molecule has 4 aromatic rings. The Bertz CT molecular complexity index is 1320. The van der Waals surface area contributed by atoms with Crippen molar-refractivity contribution >= 4 is 11.0 Å². The molecule has 0 radical (unpaired) electrons. The smallest absolute Gasteiger partial charge is 0.387 e. The van der Waals surface area contributed by atoms with Gasteiger partial charge in [0.25, 0.3) is 0 Å². The normalized spacial score (nSPS) is 14.3. The fourth-order valence-electron chi connectivity index (χ4n) is 4.49. The number of fused-ring (bicyclic) bond motifs is 1. The number of imidazole rings is 1. The number of hydrogen-bond donors (Lipinski definition) is 1. The van der Waals surface area contributed by atoms with Crippen LogP contribution in [0.4, 0.5) is 8.78 Å². The fourth-order valence-corrected chi connectivity index (χ4v) is 4.49. The van der Waals surface area contributed by atoms with E-state index in [2.05, 4.69) is 4.98 Å². The van der Waals surface area contributed by atoms with Gasteiger partial charge in [-0.25, -0.2) is 4.98 Å². The number of ether oxygens (including phenoxy) is 2. The highest BCUT2D eigenvalue weighted by Gasteiger charge is 2.19. The van der Waals surface area contributed by atoms with Gasteiger partial charge in [-0.2, -0.15) is 8.78 Å². The minimum absolute atomic E-state index is 0.138. The van der Waals surface area contributed by atoms with E-state index in [0.717, 1.165) is 40.8 Å². The van der Waals surface area contributed by atoms with Crippen molar-refractivity contribution in [2.24, 2.45) is 0 Å². The number of nitrogens with zero attached hydrogens (tertiary/aromatic N) is 2. The molecule has 1 aliphatic carbocycles. The number of H-pyrrole nitrogens is 1. The topological polar surface area (TPSA) is 69.1 Å². The molecule has 6 nitrogen and oxygen atoms in total. The molecule has 1 aliphatic rings. The first-order valence-electron chi connectivity index (χ1n) is 11.4. The van der Waals surface area contributed by atoms with Crippen LogP contribution in [0.2, 0.25) is 0 Å². The Kier molecular flexibility index (Phi) is 6.40. The minimum Gasteiger partial charge on any atom is -0.434 e. The van der Waals surface area contributed by atoms with Crippen molar-refractivity contribution in [1.29, 1.82) is 0 Å². The number of para-hydroxylation sites is 1. The number of benzene rings is 2. The zero-order valence-electron chi connectivity index (χ0n) is 18.5. The Morgan fingerprint density at radius 3 is 2.62 bits per heavy atom. The molecule has 0 aliphatic heterocycles. The van der Waals surface area contributed by atoms with Gasteiger partial charge in [0.2, 0.25) is 5.56 Å². The minimum atomic E-state index is -2.90. The van der Waals surface area contributed by atoms with Gasteiger partial charge < -0.3 is 19.0 Å². The van der Waals surface area contributed by atoms with Gasteiger partial charge in [0.15, 0.2) is 0 Å². The molecule has 1 N–H and O–H groups in total. The molecule has 1 fully saturated rings. The molecule has 34 heavy (non-hydrogen) atoms. The first kappa shape index (κ1) is 22.3. The van der Waals surface area contributed by atoms with Crippen LogP contribution >= 0.6 is 0 Å². The summed E-state index contributed by atoms with van der Waals surface area (Å²) in [4.78, 5) is 19.0. The van der Waals surface area contributed by atoms with Crippen molar-refractivity contribution in [3.05, 3.63) is 82.5 Å². The summed E-state index contributed by atoms with van der Waals surface area (Å²) < 4.78 is 38.9. The van der Waals surface area contributed by atoms with Crippen LogP contribution in [0.25, 0.3) is 22.2 Å². The number of nitrogens with one attached hydrogen (secondary N) is 1. The van der Waals surface area contributed by atoms with E-state index in [1.165, 1.54) is 18.9 Å². The van der Waals surface area contributed by atoms with E-state index in [4.69, 9.17) is 14.5 Å². The second-order valence-electron chi connectivity index (χ2n) is 8.46. The van der Waals surface area contributed by atoms with Crippen LogP contribution in [0.5, 0.6) is 5.75 Å². The number of alkyl halides is 2. The number of hydrogen-bond acceptors (Lipinski definition) is 4. The number of rotatable bonds is 8. The third kappa shape index (κ3) is 4.87. The second-order valence-corrected chi connectivity index (χ2v) is 8.46. The van der Waals surface area contributed by atoms with Crippen LogP contribution in [-0.4, -0.2) is 27.3 Å². The highest BCUT2D eigenvalue weighted by Crippen LogP contribution is 2.29. The lowest BCUT2D eigenvalue weighted by Gasteiger charge is -2.15. The Balaban J connectivity index is 1.55. The SMILES string of the molecule is O=c1ccc(-c2ccc3nc(COC4CCCC4)n(Cc4ccccc4OC(F)F)c3c2)c[nH]1. The van der Waals surface area contributed by atoms with Crippen molar-refractivity contribution in [3.8, 4) is 16.9 Å². The van der Waals surface area contributed by atoms with Gasteiger partial charge in [0.1, 0.15) is 18.2 Å². The van der Waals surface area contributed by atoms with Gasteiger partial charge in [-0.15, -0.1) is 0 Å². The van der Waals surface area contributed by atoms with Crippen LogP contribution in [0.3, 0.4) is 0 Å². The molecule has 0 saturated heterocycles. The molecule has 0 bridgehead atoms. The van der Waals surface area contributed by atoms with E-state index < -0.39 is 6.61 Å². The van der Waals surface area contributed by atoms with Gasteiger partial charge in [-0.05, 0) is 48.2 Å². The Morgan fingerprint density at radius 1 is 1.06 bits per heavy atom. The summed E-state index contributed by atoms with van der Waals surface area (Å²) in [6.45, 7) is -2.26. The van der Waals surface area contributed by atoms with E-state index in [0.29, 0.717) is 18.7 Å². The zero-order chi connectivity index (χ0) is 23.5. The third-order valence-electron chi connectivity index (χ3n) is 6.21. The van der Waals surface area contributed by atoms with E-state index >= 15 is 0 Å². The zero-order valence-corrected chi connectivity index (χ0v) is 18.5. The maximum Gasteiger partial charge on any atom is 0.387 e. The summed E-state index contributed by atoms with van der Waals surface area (Å²) in [6.07, 6.45) is 6.31. The van der Waals surface area contributed by atoms with E-state index in [9.17, 15) is 13.6 Å². The lowest BCUT2D eigenvalue weighted by atomic mass is 10.1. The van der Waals surface area contributed by atoms with Gasteiger partial charge >= 0.3 is 6.61 Å². The van der Waals surface area contributed by atoms with Crippen LogP contribution in [0.1, 0.15) is 37.1 Å². The summed E-state index contributed by atoms with van der Waals surface area (Å²) in [6, 6.07) is 15.9. The van der Waals surface area contributed by atoms with Crippen molar-refractivity contribution in [1.82, 2.24) is 14.5 Å². The van der Waals surface area contributed by atoms with Crippen LogP contribution < -0.4 is 10.3 Å². The number of aromatic nitrogens is 3. The van der Waals surface area contributed by atoms with Gasteiger partial charge in [0.05, 0.1) is 23.7 Å². The van der Waals surface area contributed by atoms with E-state index in [-0.39, 0.29) is 17.4 Å². The predicted molar refractivity (Wildman–Crippen MR) is 125 cm³/mol. The maximum absolute atomic E-state index is 13.0. The molecule has 1 saturated carbocycles. The average Bonchev–Trinajstić information content (AvgIpc) is 3.47. The lowest BCUT2D eigenvalue weighted by Crippen LogP contribution is -2.13. The van der Waals surface area contributed by atoms with Crippen molar-refractivity contribution in [2.75, 3.05) is 0 Å². The first-order valence-corrected chi connectivity index (χ1v) is 11.4. The summed E-state index contributed by atoms with van der Waals surface area (Å²) in [7, 11) is 0. The van der Waals surface area contributed by atoms with E-state index in [1.807, 2.05) is 22.8 Å². The molecule has 8 heteroatoms. The monoisotopic (exact) mass is 465 g/mol. The highest BCUT2D eigenvalue weighted by atomic mass is 19.3. The Labute approximate surface area is 195 Å². The highest BCUT2D eigenvalue weighted by molar-refractivity contribution is 5.82. The Hall–Kier alpha value is -3.52. The van der Waals surface area contributed by atoms with Gasteiger partial charge in [0, 0.05) is 17.8 Å². The van der Waals surface area contributed by atoms with E-state index in [1.54, 1.807) is 36.5 Å². The molecule has 0 atom stereocenters. The summed E-state index contributed by atoms with van der Waals surface area (Å²) in [5.74, 6) is 0.867. The van der Waals surface area contributed by atoms with Crippen molar-refractivity contribution in [3.63, 3.8) is 0 Å². The summed E-state index contributed by atoms with van der Waals surface area (Å²) in [5, 5.41) is 0. The average molecular weight is 466 g/mol. The van der Waals surface area contributed by atoms with Gasteiger partial charge in [-0.3, -0.25) is 4.79 Å². The number of pyridine rings is 1. The molecule has 176 valence electrons. The van der Waals surface area contributed by atoms with Crippen molar-refractivity contribution < 1.29 is 18.3 Å². The lowest BCUT2D eigenvalue weighted by molar-refractivity contribution is -0.0505. The largest absolute Gasteiger partial charge is 0.434 e.